The molecule has 1 fully saturated rings. The third-order valence-corrected chi connectivity index (χ3v) is 5.00. The lowest BCUT2D eigenvalue weighted by Gasteiger charge is -2.22. The molecule has 3 rings (SSSR count). The molecule has 0 bridgehead atoms. The molecule has 2 heterocycles. The van der Waals surface area contributed by atoms with Crippen molar-refractivity contribution in [2.24, 2.45) is 0 Å². The third-order valence-electron chi connectivity index (χ3n) is 5.00. The van der Waals surface area contributed by atoms with Gasteiger partial charge in [0.2, 0.25) is 5.91 Å². The first kappa shape index (κ1) is 19.2. The number of amides is 1. The van der Waals surface area contributed by atoms with Gasteiger partial charge in [0.05, 0.1) is 20.8 Å². The molecule has 0 spiro atoms. The van der Waals surface area contributed by atoms with E-state index >= 15 is 0 Å². The Morgan fingerprint density at radius 2 is 2.15 bits per heavy atom. The van der Waals surface area contributed by atoms with Crippen LogP contribution < -0.4 is 9.47 Å². The van der Waals surface area contributed by atoms with Gasteiger partial charge >= 0.3 is 0 Å². The maximum Gasteiger partial charge on any atom is 0.236 e. The number of pyridine rings is 1. The molecule has 6 nitrogen and oxygen atoms in total. The molecule has 1 aliphatic heterocycles. The molecule has 6 heteroatoms. The van der Waals surface area contributed by atoms with Crippen molar-refractivity contribution in [2.45, 2.75) is 18.9 Å². The molecule has 144 valence electrons. The van der Waals surface area contributed by atoms with E-state index in [9.17, 15) is 4.79 Å². The van der Waals surface area contributed by atoms with Crippen LogP contribution in [-0.2, 0) is 11.3 Å². The Morgan fingerprint density at radius 3 is 2.85 bits per heavy atom. The SMILES string of the molecule is COc1ccc(OC)c(C2CCN(C(=O)CN(C)Cc3cccnc3)C2)c1. The van der Waals surface area contributed by atoms with Gasteiger partial charge in [-0.1, -0.05) is 6.07 Å². The summed E-state index contributed by atoms with van der Waals surface area (Å²) in [7, 11) is 5.30. The number of nitrogens with zero attached hydrogens (tertiary/aromatic N) is 3. The first-order chi connectivity index (χ1) is 13.1. The zero-order valence-electron chi connectivity index (χ0n) is 16.2. The number of aromatic nitrogens is 1. The first-order valence-electron chi connectivity index (χ1n) is 9.18. The zero-order valence-corrected chi connectivity index (χ0v) is 16.2. The number of ether oxygens (including phenoxy) is 2. The molecule has 0 radical (unpaired) electrons. The molecule has 1 atom stereocenters. The summed E-state index contributed by atoms with van der Waals surface area (Å²) < 4.78 is 10.9. The second kappa shape index (κ2) is 8.86. The van der Waals surface area contributed by atoms with E-state index in [1.807, 2.05) is 53.4 Å². The maximum absolute atomic E-state index is 12.7. The summed E-state index contributed by atoms with van der Waals surface area (Å²) in [5.74, 6) is 2.09. The quantitative estimate of drug-likeness (QED) is 0.751. The average molecular weight is 369 g/mol. The zero-order chi connectivity index (χ0) is 19.2. The standard InChI is InChI=1S/C21H27N3O3/c1-23(13-16-5-4-9-22-12-16)15-21(25)24-10-8-17(14-24)19-11-18(26-2)6-7-20(19)27-3/h4-7,9,11-12,17H,8,10,13-15H2,1-3H3. The summed E-state index contributed by atoms with van der Waals surface area (Å²) in [4.78, 5) is 20.8. The molecule has 1 unspecified atom stereocenters. The average Bonchev–Trinajstić information content (AvgIpc) is 3.18. The van der Waals surface area contributed by atoms with Crippen LogP contribution in [0.4, 0.5) is 0 Å². The number of likely N-dealkylation sites (N-methyl/N-ethyl adjacent to an activating group) is 1. The number of rotatable bonds is 7. The normalized spacial score (nSPS) is 16.6. The van der Waals surface area contributed by atoms with Crippen molar-refractivity contribution in [1.29, 1.82) is 0 Å². The molecule has 1 aromatic carbocycles. The van der Waals surface area contributed by atoms with E-state index < -0.39 is 0 Å². The molecular weight excluding hydrogens is 342 g/mol. The Balaban J connectivity index is 1.59. The van der Waals surface area contributed by atoms with Crippen molar-refractivity contribution < 1.29 is 14.3 Å². The highest BCUT2D eigenvalue weighted by atomic mass is 16.5. The first-order valence-corrected chi connectivity index (χ1v) is 9.18. The maximum atomic E-state index is 12.7. The summed E-state index contributed by atoms with van der Waals surface area (Å²) in [5.41, 5.74) is 2.21. The van der Waals surface area contributed by atoms with Gasteiger partial charge in [-0.2, -0.15) is 0 Å². The Bertz CT molecular complexity index is 767. The summed E-state index contributed by atoms with van der Waals surface area (Å²) >= 11 is 0. The van der Waals surface area contributed by atoms with E-state index in [-0.39, 0.29) is 11.8 Å². The van der Waals surface area contributed by atoms with Gasteiger partial charge in [-0.05, 0) is 43.3 Å². The van der Waals surface area contributed by atoms with E-state index in [0.29, 0.717) is 19.6 Å². The molecule has 1 amide bonds. The van der Waals surface area contributed by atoms with Gasteiger partial charge in [0, 0.05) is 43.5 Å². The van der Waals surface area contributed by atoms with E-state index in [1.165, 1.54) is 0 Å². The molecule has 1 saturated heterocycles. The van der Waals surface area contributed by atoms with Crippen LogP contribution in [0.1, 0.15) is 23.5 Å². The molecule has 1 aliphatic rings. The fraction of sp³-hybridized carbons (Fsp3) is 0.429. The Hall–Kier alpha value is -2.60. The van der Waals surface area contributed by atoms with E-state index in [0.717, 1.165) is 35.6 Å². The van der Waals surface area contributed by atoms with Gasteiger partial charge < -0.3 is 14.4 Å². The van der Waals surface area contributed by atoms with Crippen molar-refractivity contribution in [2.75, 3.05) is 40.9 Å². The Kier molecular flexibility index (Phi) is 6.29. The fourth-order valence-corrected chi connectivity index (χ4v) is 3.59. The number of methoxy groups -OCH3 is 2. The number of likely N-dealkylation sites (tertiary alicyclic amines) is 1. The lowest BCUT2D eigenvalue weighted by molar-refractivity contribution is -0.131. The van der Waals surface area contributed by atoms with Gasteiger partial charge in [0.25, 0.3) is 0 Å². The molecule has 1 aromatic heterocycles. The summed E-state index contributed by atoms with van der Waals surface area (Å²) in [5, 5.41) is 0. The van der Waals surface area contributed by atoms with Crippen LogP contribution in [0.25, 0.3) is 0 Å². The largest absolute Gasteiger partial charge is 0.497 e. The number of benzene rings is 1. The predicted octanol–water partition coefficient (Wildman–Crippen LogP) is 2.55. The number of carbonyl (C=O) groups excluding carboxylic acids is 1. The van der Waals surface area contributed by atoms with Gasteiger partial charge in [-0.25, -0.2) is 0 Å². The predicted molar refractivity (Wildman–Crippen MR) is 104 cm³/mol. The molecule has 2 aromatic rings. The summed E-state index contributed by atoms with van der Waals surface area (Å²) in [6.07, 6.45) is 4.52. The van der Waals surface area contributed by atoms with Crippen LogP contribution in [0, 0.1) is 0 Å². The van der Waals surface area contributed by atoms with Crippen molar-refractivity contribution in [3.05, 3.63) is 53.9 Å². The van der Waals surface area contributed by atoms with Gasteiger partial charge in [0.15, 0.2) is 0 Å². The molecule has 0 aliphatic carbocycles. The highest BCUT2D eigenvalue weighted by Crippen LogP contribution is 2.36. The second-order valence-corrected chi connectivity index (χ2v) is 6.97. The van der Waals surface area contributed by atoms with Crippen LogP contribution in [0.5, 0.6) is 11.5 Å². The lowest BCUT2D eigenvalue weighted by Crippen LogP contribution is -2.37. The molecule has 27 heavy (non-hydrogen) atoms. The minimum absolute atomic E-state index is 0.158. The third kappa shape index (κ3) is 4.77. The summed E-state index contributed by atoms with van der Waals surface area (Å²) in [6.45, 7) is 2.59. The van der Waals surface area contributed by atoms with Crippen LogP contribution in [0.3, 0.4) is 0 Å². The van der Waals surface area contributed by atoms with Gasteiger partial charge in [0.1, 0.15) is 11.5 Å². The smallest absolute Gasteiger partial charge is 0.236 e. The molecule has 0 saturated carbocycles. The minimum Gasteiger partial charge on any atom is -0.497 e. The highest BCUT2D eigenvalue weighted by Gasteiger charge is 2.29. The van der Waals surface area contributed by atoms with Crippen molar-refractivity contribution >= 4 is 5.91 Å². The number of hydrogen-bond acceptors (Lipinski definition) is 5. The van der Waals surface area contributed by atoms with Gasteiger partial charge in [-0.15, -0.1) is 0 Å². The Labute approximate surface area is 160 Å². The van der Waals surface area contributed by atoms with E-state index in [1.54, 1.807) is 20.4 Å². The van der Waals surface area contributed by atoms with Crippen LogP contribution in [0.15, 0.2) is 42.7 Å². The van der Waals surface area contributed by atoms with Crippen LogP contribution in [-0.4, -0.2) is 61.6 Å². The minimum atomic E-state index is 0.158. The van der Waals surface area contributed by atoms with Crippen molar-refractivity contribution in [3.8, 4) is 11.5 Å². The number of hydrogen-bond donors (Lipinski definition) is 0. The van der Waals surface area contributed by atoms with Crippen molar-refractivity contribution in [1.82, 2.24) is 14.8 Å². The van der Waals surface area contributed by atoms with Crippen molar-refractivity contribution in [3.63, 3.8) is 0 Å². The molecule has 0 N–H and O–H groups in total. The van der Waals surface area contributed by atoms with Crippen LogP contribution in [0.2, 0.25) is 0 Å². The van der Waals surface area contributed by atoms with Crippen LogP contribution >= 0.6 is 0 Å². The highest BCUT2D eigenvalue weighted by molar-refractivity contribution is 5.78. The Morgan fingerprint density at radius 1 is 1.30 bits per heavy atom. The monoisotopic (exact) mass is 369 g/mol. The lowest BCUT2D eigenvalue weighted by atomic mass is 9.97. The van der Waals surface area contributed by atoms with Gasteiger partial charge in [-0.3, -0.25) is 14.7 Å². The molecular formula is C21H27N3O3. The summed E-state index contributed by atoms with van der Waals surface area (Å²) in [6, 6.07) is 9.78. The van der Waals surface area contributed by atoms with E-state index in [4.69, 9.17) is 9.47 Å². The number of carbonyl (C=O) groups is 1. The fourth-order valence-electron chi connectivity index (χ4n) is 3.59. The second-order valence-electron chi connectivity index (χ2n) is 6.97. The van der Waals surface area contributed by atoms with E-state index in [2.05, 4.69) is 4.98 Å². The topological polar surface area (TPSA) is 54.9 Å².